The van der Waals surface area contributed by atoms with E-state index in [4.69, 9.17) is 4.74 Å². The fourth-order valence-corrected chi connectivity index (χ4v) is 3.98. The van der Waals surface area contributed by atoms with Crippen LogP contribution in [0.4, 0.5) is 4.39 Å². The second kappa shape index (κ2) is 9.18. The highest BCUT2D eigenvalue weighted by molar-refractivity contribution is 7.99. The van der Waals surface area contributed by atoms with Crippen LogP contribution in [-0.2, 0) is 21.4 Å². The van der Waals surface area contributed by atoms with Crippen molar-refractivity contribution < 1.29 is 18.7 Å². The summed E-state index contributed by atoms with van der Waals surface area (Å²) in [5.41, 5.74) is 0.753. The van der Waals surface area contributed by atoms with Gasteiger partial charge in [0.1, 0.15) is 5.82 Å². The standard InChI is InChI=1S/C19H23FN4O3S/c1-3-27-18(26)14-5-4-10-24(11-14)16(25)12-28-19-22-21-17(23(19)2)13-6-8-15(20)9-7-13/h6-9,14H,3-5,10-12H2,1-2H3/t14-/m0/s1. The summed E-state index contributed by atoms with van der Waals surface area (Å²) >= 11 is 1.30. The maximum Gasteiger partial charge on any atom is 0.310 e. The highest BCUT2D eigenvalue weighted by atomic mass is 32.2. The Morgan fingerprint density at radius 1 is 1.29 bits per heavy atom. The quantitative estimate of drug-likeness (QED) is 0.542. The van der Waals surface area contributed by atoms with Gasteiger partial charge >= 0.3 is 5.97 Å². The summed E-state index contributed by atoms with van der Waals surface area (Å²) in [7, 11) is 1.81. The van der Waals surface area contributed by atoms with Crippen molar-refractivity contribution >= 4 is 23.6 Å². The van der Waals surface area contributed by atoms with Gasteiger partial charge in [-0.3, -0.25) is 9.59 Å². The third-order valence-electron chi connectivity index (χ3n) is 4.66. The van der Waals surface area contributed by atoms with Crippen LogP contribution in [0, 0.1) is 11.7 Å². The second-order valence-corrected chi connectivity index (χ2v) is 7.53. The van der Waals surface area contributed by atoms with Gasteiger partial charge in [-0.05, 0) is 44.0 Å². The number of carbonyl (C=O) groups is 2. The van der Waals surface area contributed by atoms with Gasteiger partial charge in [0, 0.05) is 25.7 Å². The van der Waals surface area contributed by atoms with E-state index in [9.17, 15) is 14.0 Å². The fraction of sp³-hybridized carbons (Fsp3) is 0.474. The van der Waals surface area contributed by atoms with Crippen molar-refractivity contribution in [2.45, 2.75) is 24.9 Å². The summed E-state index contributed by atoms with van der Waals surface area (Å²) in [6.07, 6.45) is 1.54. The summed E-state index contributed by atoms with van der Waals surface area (Å²) in [5.74, 6) is -0.00728. The zero-order valence-electron chi connectivity index (χ0n) is 15.9. The summed E-state index contributed by atoms with van der Waals surface area (Å²) in [5, 5.41) is 8.89. The molecule has 150 valence electrons. The molecule has 1 fully saturated rings. The first-order valence-corrected chi connectivity index (χ1v) is 10.2. The Hall–Kier alpha value is -2.42. The number of thioether (sulfide) groups is 1. The third-order valence-corrected chi connectivity index (χ3v) is 5.66. The van der Waals surface area contributed by atoms with Gasteiger partial charge in [-0.2, -0.15) is 0 Å². The highest BCUT2D eigenvalue weighted by Gasteiger charge is 2.29. The predicted octanol–water partition coefficient (Wildman–Crippen LogP) is 2.52. The van der Waals surface area contributed by atoms with Gasteiger partial charge in [0.25, 0.3) is 0 Å². The molecule has 7 nitrogen and oxygen atoms in total. The molecule has 0 spiro atoms. The molecule has 1 saturated heterocycles. The van der Waals surface area contributed by atoms with Crippen LogP contribution >= 0.6 is 11.8 Å². The average molecular weight is 406 g/mol. The average Bonchev–Trinajstić information content (AvgIpc) is 3.07. The van der Waals surface area contributed by atoms with Crippen LogP contribution in [0.1, 0.15) is 19.8 Å². The van der Waals surface area contributed by atoms with Crippen molar-refractivity contribution in [1.82, 2.24) is 19.7 Å². The molecule has 1 aliphatic rings. The maximum absolute atomic E-state index is 13.1. The molecular formula is C19H23FN4O3S. The summed E-state index contributed by atoms with van der Waals surface area (Å²) in [6.45, 7) is 3.18. The molecule has 1 amide bonds. The zero-order valence-corrected chi connectivity index (χ0v) is 16.7. The number of amides is 1. The van der Waals surface area contributed by atoms with Crippen molar-refractivity contribution in [3.8, 4) is 11.4 Å². The normalized spacial score (nSPS) is 16.8. The molecule has 0 radical (unpaired) electrons. The van der Waals surface area contributed by atoms with Gasteiger partial charge in [0.15, 0.2) is 11.0 Å². The number of hydrogen-bond donors (Lipinski definition) is 0. The minimum absolute atomic E-state index is 0.0367. The third kappa shape index (κ3) is 4.70. The van der Waals surface area contributed by atoms with Crippen LogP contribution in [0.2, 0.25) is 0 Å². The van der Waals surface area contributed by atoms with Crippen LogP contribution in [0.25, 0.3) is 11.4 Å². The number of nitrogens with zero attached hydrogens (tertiary/aromatic N) is 4. The minimum atomic E-state index is -0.311. The molecule has 0 saturated carbocycles. The van der Waals surface area contributed by atoms with Crippen LogP contribution in [-0.4, -0.2) is 57.0 Å². The van der Waals surface area contributed by atoms with E-state index in [-0.39, 0.29) is 29.4 Å². The molecule has 0 bridgehead atoms. The fourth-order valence-electron chi connectivity index (χ4n) is 3.16. The maximum atomic E-state index is 13.1. The Labute approximate surface area is 167 Å². The number of piperidine rings is 1. The van der Waals surface area contributed by atoms with Crippen LogP contribution in [0.3, 0.4) is 0 Å². The first kappa shape index (κ1) is 20.3. The van der Waals surface area contributed by atoms with E-state index >= 15 is 0 Å². The minimum Gasteiger partial charge on any atom is -0.466 e. The second-order valence-electron chi connectivity index (χ2n) is 6.59. The molecule has 0 aliphatic carbocycles. The van der Waals surface area contributed by atoms with E-state index in [1.165, 1.54) is 23.9 Å². The molecule has 0 unspecified atom stereocenters. The van der Waals surface area contributed by atoms with Crippen molar-refractivity contribution in [1.29, 1.82) is 0 Å². The molecule has 3 rings (SSSR count). The van der Waals surface area contributed by atoms with Crippen molar-refractivity contribution in [3.05, 3.63) is 30.1 Å². The predicted molar refractivity (Wildman–Crippen MR) is 103 cm³/mol. The Kier molecular flexibility index (Phi) is 6.66. The van der Waals surface area contributed by atoms with Gasteiger partial charge in [0.05, 0.1) is 18.3 Å². The van der Waals surface area contributed by atoms with Crippen LogP contribution in [0.15, 0.2) is 29.4 Å². The Morgan fingerprint density at radius 2 is 2.04 bits per heavy atom. The van der Waals surface area contributed by atoms with Crippen LogP contribution < -0.4 is 0 Å². The molecule has 1 aromatic heterocycles. The van der Waals surface area contributed by atoms with E-state index < -0.39 is 0 Å². The number of esters is 1. The number of carbonyl (C=O) groups excluding carboxylic acids is 2. The van der Waals surface area contributed by atoms with Gasteiger partial charge in [-0.25, -0.2) is 4.39 Å². The number of benzene rings is 1. The number of aromatic nitrogens is 3. The summed E-state index contributed by atoms with van der Waals surface area (Å²) in [6, 6.07) is 6.03. The number of hydrogen-bond acceptors (Lipinski definition) is 6. The Balaban J connectivity index is 1.59. The molecule has 28 heavy (non-hydrogen) atoms. The number of rotatable bonds is 6. The Bertz CT molecular complexity index is 840. The SMILES string of the molecule is CCOC(=O)[C@H]1CCCN(C(=O)CSc2nnc(-c3ccc(F)cc3)n2C)C1. The number of likely N-dealkylation sites (tertiary alicyclic amines) is 1. The van der Waals surface area contributed by atoms with Gasteiger partial charge in [-0.15, -0.1) is 10.2 Å². The molecule has 2 aromatic rings. The highest BCUT2D eigenvalue weighted by Crippen LogP contribution is 2.24. The smallest absolute Gasteiger partial charge is 0.310 e. The molecule has 1 atom stereocenters. The summed E-state index contributed by atoms with van der Waals surface area (Å²) in [4.78, 5) is 26.2. The molecule has 1 aliphatic heterocycles. The molecule has 0 N–H and O–H groups in total. The first-order chi connectivity index (χ1) is 13.5. The molecule has 1 aromatic carbocycles. The topological polar surface area (TPSA) is 77.3 Å². The monoisotopic (exact) mass is 406 g/mol. The van der Waals surface area contributed by atoms with Gasteiger partial charge in [0.2, 0.25) is 5.91 Å². The van der Waals surface area contributed by atoms with E-state index in [1.54, 1.807) is 28.5 Å². The summed E-state index contributed by atoms with van der Waals surface area (Å²) < 4.78 is 20.0. The lowest BCUT2D eigenvalue weighted by atomic mass is 9.98. The Morgan fingerprint density at radius 3 is 2.75 bits per heavy atom. The number of halogens is 1. The molecule has 2 heterocycles. The van der Waals surface area contributed by atoms with Crippen molar-refractivity contribution in [2.75, 3.05) is 25.4 Å². The molecule has 9 heteroatoms. The lowest BCUT2D eigenvalue weighted by Gasteiger charge is -2.31. The van der Waals surface area contributed by atoms with E-state index in [1.807, 2.05) is 7.05 Å². The van der Waals surface area contributed by atoms with E-state index in [2.05, 4.69) is 10.2 Å². The zero-order chi connectivity index (χ0) is 20.1. The first-order valence-electron chi connectivity index (χ1n) is 9.22. The van der Waals surface area contributed by atoms with Crippen molar-refractivity contribution in [3.63, 3.8) is 0 Å². The largest absolute Gasteiger partial charge is 0.466 e. The lowest BCUT2D eigenvalue weighted by Crippen LogP contribution is -2.43. The van der Waals surface area contributed by atoms with Gasteiger partial charge in [-0.1, -0.05) is 11.8 Å². The van der Waals surface area contributed by atoms with E-state index in [0.29, 0.717) is 30.7 Å². The molecular weight excluding hydrogens is 383 g/mol. The van der Waals surface area contributed by atoms with Gasteiger partial charge < -0.3 is 14.2 Å². The van der Waals surface area contributed by atoms with Crippen molar-refractivity contribution in [2.24, 2.45) is 13.0 Å². The van der Waals surface area contributed by atoms with E-state index in [0.717, 1.165) is 18.4 Å². The number of ether oxygens (including phenoxy) is 1. The lowest BCUT2D eigenvalue weighted by molar-refractivity contribution is -0.151. The van der Waals surface area contributed by atoms with Crippen LogP contribution in [0.5, 0.6) is 0 Å².